The van der Waals surface area contributed by atoms with Crippen LogP contribution in [0.2, 0.25) is 0 Å². The van der Waals surface area contributed by atoms with Crippen LogP contribution in [-0.4, -0.2) is 37.9 Å². The summed E-state index contributed by atoms with van der Waals surface area (Å²) in [5.41, 5.74) is 0.484. The van der Waals surface area contributed by atoms with Crippen LogP contribution in [-0.2, 0) is 10.0 Å². The maximum Gasteiger partial charge on any atom is 0.263 e. The average molecular weight is 268 g/mol. The lowest BCUT2D eigenvalue weighted by Gasteiger charge is -2.09. The second-order valence-corrected chi connectivity index (χ2v) is 5.91. The van der Waals surface area contributed by atoms with Crippen LogP contribution in [0.15, 0.2) is 18.2 Å². The molecule has 0 saturated carbocycles. The topological polar surface area (TPSA) is 83.6 Å². The molecule has 0 bridgehead atoms. The molecular formula is C11H12N2O4S. The lowest BCUT2D eigenvalue weighted by atomic mass is 10.1. The van der Waals surface area contributed by atoms with Crippen molar-refractivity contribution in [3.05, 3.63) is 29.3 Å². The molecule has 2 rings (SSSR count). The molecule has 18 heavy (non-hydrogen) atoms. The van der Waals surface area contributed by atoms with Gasteiger partial charge < -0.3 is 0 Å². The highest BCUT2D eigenvalue weighted by molar-refractivity contribution is 7.92. The van der Waals surface area contributed by atoms with Gasteiger partial charge in [-0.1, -0.05) is 6.07 Å². The van der Waals surface area contributed by atoms with Gasteiger partial charge in [-0.15, -0.1) is 0 Å². The van der Waals surface area contributed by atoms with Crippen molar-refractivity contribution in [2.24, 2.45) is 0 Å². The molecule has 1 aliphatic heterocycles. The molecule has 6 nitrogen and oxygen atoms in total. The predicted octanol–water partition coefficient (Wildman–Crippen LogP) is 0.674. The Morgan fingerprint density at radius 1 is 1.22 bits per heavy atom. The summed E-state index contributed by atoms with van der Waals surface area (Å²) >= 11 is 0. The first-order valence-corrected chi connectivity index (χ1v) is 6.98. The predicted molar refractivity (Wildman–Crippen MR) is 65.9 cm³/mol. The van der Waals surface area contributed by atoms with Crippen molar-refractivity contribution in [2.75, 3.05) is 17.5 Å². The first-order chi connectivity index (χ1) is 8.37. The van der Waals surface area contributed by atoms with E-state index in [4.69, 9.17) is 0 Å². The number of hydrogen-bond acceptors (Lipinski definition) is 4. The smallest absolute Gasteiger partial charge is 0.263 e. The summed E-state index contributed by atoms with van der Waals surface area (Å²) in [7, 11) is -2.12. The highest BCUT2D eigenvalue weighted by Crippen LogP contribution is 2.28. The van der Waals surface area contributed by atoms with Gasteiger partial charge in [0.05, 0.1) is 22.6 Å². The first-order valence-electron chi connectivity index (χ1n) is 5.33. The fourth-order valence-corrected chi connectivity index (χ4v) is 2.38. The third-order valence-electron chi connectivity index (χ3n) is 2.76. The van der Waals surface area contributed by atoms with E-state index in [1.807, 2.05) is 0 Å². The molecule has 0 unspecified atom stereocenters. The maximum atomic E-state index is 11.9. The number of sulfonamides is 1. The molecule has 0 fully saturated rings. The van der Waals surface area contributed by atoms with Crippen LogP contribution in [0.25, 0.3) is 0 Å². The van der Waals surface area contributed by atoms with E-state index in [0.717, 1.165) is 4.90 Å². The van der Waals surface area contributed by atoms with Gasteiger partial charge >= 0.3 is 0 Å². The van der Waals surface area contributed by atoms with Gasteiger partial charge in [-0.2, -0.15) is 0 Å². The Bertz CT molecular complexity index is 636. The molecule has 0 saturated heterocycles. The van der Waals surface area contributed by atoms with E-state index in [1.54, 1.807) is 0 Å². The molecule has 1 aromatic carbocycles. The zero-order chi connectivity index (χ0) is 13.5. The lowest BCUT2D eigenvalue weighted by molar-refractivity contribution is 0.0693. The normalized spacial score (nSPS) is 14.9. The van der Waals surface area contributed by atoms with Crippen LogP contribution in [0.3, 0.4) is 0 Å². The molecule has 1 aliphatic rings. The van der Waals surface area contributed by atoms with E-state index in [9.17, 15) is 18.0 Å². The number of nitrogens with one attached hydrogen (secondary N) is 1. The van der Waals surface area contributed by atoms with Crippen LogP contribution in [0.5, 0.6) is 0 Å². The summed E-state index contributed by atoms with van der Waals surface area (Å²) in [4.78, 5) is 24.6. The fourth-order valence-electron chi connectivity index (χ4n) is 1.73. The number of benzene rings is 1. The van der Waals surface area contributed by atoms with E-state index >= 15 is 0 Å². The lowest BCUT2D eigenvalue weighted by Crippen LogP contribution is -2.24. The van der Waals surface area contributed by atoms with Gasteiger partial charge in [0, 0.05) is 7.05 Å². The molecule has 0 aliphatic carbocycles. The zero-order valence-corrected chi connectivity index (χ0v) is 10.7. The highest BCUT2D eigenvalue weighted by Gasteiger charge is 2.35. The van der Waals surface area contributed by atoms with Crippen molar-refractivity contribution in [2.45, 2.75) is 6.92 Å². The highest BCUT2D eigenvalue weighted by atomic mass is 32.2. The van der Waals surface area contributed by atoms with Crippen LogP contribution in [0, 0.1) is 0 Å². The third-order valence-corrected chi connectivity index (χ3v) is 4.05. The number of anilines is 1. The number of carbonyl (C=O) groups excluding carboxylic acids is 2. The SMILES string of the molecule is CCS(=O)(=O)Nc1cccc2c1C(=O)N(C)C2=O. The Morgan fingerprint density at radius 2 is 1.89 bits per heavy atom. The van der Waals surface area contributed by atoms with Crippen LogP contribution in [0.1, 0.15) is 27.6 Å². The van der Waals surface area contributed by atoms with Crippen molar-refractivity contribution < 1.29 is 18.0 Å². The molecule has 2 amide bonds. The Kier molecular flexibility index (Phi) is 2.86. The summed E-state index contributed by atoms with van der Waals surface area (Å²) in [6, 6.07) is 4.51. The number of rotatable bonds is 3. The summed E-state index contributed by atoms with van der Waals surface area (Å²) < 4.78 is 25.3. The van der Waals surface area contributed by atoms with Crippen molar-refractivity contribution >= 4 is 27.5 Å². The van der Waals surface area contributed by atoms with Crippen LogP contribution in [0.4, 0.5) is 5.69 Å². The van der Waals surface area contributed by atoms with Gasteiger partial charge in [0.2, 0.25) is 10.0 Å². The maximum absolute atomic E-state index is 11.9. The van der Waals surface area contributed by atoms with Crippen molar-refractivity contribution in [1.82, 2.24) is 4.90 Å². The monoisotopic (exact) mass is 268 g/mol. The summed E-state index contributed by atoms with van der Waals surface area (Å²) in [5, 5.41) is 0. The van der Waals surface area contributed by atoms with Crippen molar-refractivity contribution in [3.8, 4) is 0 Å². The third kappa shape index (κ3) is 1.86. The van der Waals surface area contributed by atoms with Gasteiger partial charge in [-0.05, 0) is 19.1 Å². The molecule has 96 valence electrons. The minimum Gasteiger partial charge on any atom is -0.283 e. The Labute approximate surface area is 105 Å². The van der Waals surface area contributed by atoms with Crippen LogP contribution < -0.4 is 4.72 Å². The molecule has 0 aromatic heterocycles. The molecule has 0 atom stereocenters. The van der Waals surface area contributed by atoms with Gasteiger partial charge in [0.25, 0.3) is 11.8 Å². The Morgan fingerprint density at radius 3 is 2.50 bits per heavy atom. The van der Waals surface area contributed by atoms with Crippen molar-refractivity contribution in [1.29, 1.82) is 0 Å². The zero-order valence-electron chi connectivity index (χ0n) is 9.93. The number of imide groups is 1. The summed E-state index contributed by atoms with van der Waals surface area (Å²) in [6.07, 6.45) is 0. The molecule has 1 heterocycles. The number of amides is 2. The summed E-state index contributed by atoms with van der Waals surface area (Å²) in [5.74, 6) is -1.02. The van der Waals surface area contributed by atoms with E-state index < -0.39 is 21.8 Å². The molecular weight excluding hydrogens is 256 g/mol. The minimum atomic E-state index is -3.48. The summed E-state index contributed by atoms with van der Waals surface area (Å²) in [6.45, 7) is 1.49. The number of fused-ring (bicyclic) bond motifs is 1. The van der Waals surface area contributed by atoms with Gasteiger partial charge in [0.1, 0.15) is 0 Å². The quantitative estimate of drug-likeness (QED) is 0.817. The fraction of sp³-hybridized carbons (Fsp3) is 0.273. The molecule has 1 N–H and O–H groups in total. The number of carbonyl (C=O) groups is 2. The molecule has 1 aromatic rings. The largest absolute Gasteiger partial charge is 0.283 e. The minimum absolute atomic E-state index is 0.103. The average Bonchev–Trinajstić information content (AvgIpc) is 2.55. The Hall–Kier alpha value is -1.89. The number of nitrogens with zero attached hydrogens (tertiary/aromatic N) is 1. The first kappa shape index (κ1) is 12.6. The van der Waals surface area contributed by atoms with E-state index in [0.29, 0.717) is 0 Å². The van der Waals surface area contributed by atoms with E-state index in [1.165, 1.54) is 32.2 Å². The second-order valence-electron chi connectivity index (χ2n) is 3.90. The van der Waals surface area contributed by atoms with Gasteiger partial charge in [0.15, 0.2) is 0 Å². The van der Waals surface area contributed by atoms with E-state index in [-0.39, 0.29) is 22.6 Å². The molecule has 0 radical (unpaired) electrons. The van der Waals surface area contributed by atoms with Gasteiger partial charge in [-0.3, -0.25) is 19.2 Å². The van der Waals surface area contributed by atoms with Gasteiger partial charge in [-0.25, -0.2) is 8.42 Å². The Balaban J connectivity index is 2.55. The number of hydrogen-bond donors (Lipinski definition) is 1. The molecule has 0 spiro atoms. The standard InChI is InChI=1S/C11H12N2O4S/c1-3-18(16,17)12-8-6-4-5-7-9(8)11(15)13(2)10(7)14/h4-6,12H,3H2,1-2H3. The van der Waals surface area contributed by atoms with Crippen LogP contribution >= 0.6 is 0 Å². The second kappa shape index (κ2) is 4.09. The van der Waals surface area contributed by atoms with Crippen molar-refractivity contribution in [3.63, 3.8) is 0 Å². The molecule has 7 heteroatoms. The van der Waals surface area contributed by atoms with E-state index in [2.05, 4.69) is 4.72 Å².